The normalized spacial score (nSPS) is 13.4. The van der Waals surface area contributed by atoms with Gasteiger partial charge in [-0.1, -0.05) is 22.0 Å². The maximum Gasteiger partial charge on any atom is 0.127 e. The minimum atomic E-state index is 0.780. The summed E-state index contributed by atoms with van der Waals surface area (Å²) in [5.74, 6) is 1.02. The average Bonchev–Trinajstić information content (AvgIpc) is 1.78. The topological polar surface area (TPSA) is 9.23 Å². The van der Waals surface area contributed by atoms with Gasteiger partial charge in [-0.3, -0.25) is 0 Å². The molecule has 9 heavy (non-hydrogen) atoms. The standard InChI is InChI=1S/C7H5BrO/c8-6-2-1-5-4-9-7(5)3-6/h1-3H,4H2. The van der Waals surface area contributed by atoms with Crippen molar-refractivity contribution >= 4 is 15.9 Å². The second-order valence-corrected chi connectivity index (χ2v) is 2.96. The number of benzene rings is 1. The van der Waals surface area contributed by atoms with Crippen LogP contribution in [0.3, 0.4) is 0 Å². The summed E-state index contributed by atoms with van der Waals surface area (Å²) in [6.45, 7) is 0.780. The number of halogens is 1. The van der Waals surface area contributed by atoms with Crippen LogP contribution >= 0.6 is 15.9 Å². The molecule has 0 N–H and O–H groups in total. The Labute approximate surface area is 61.8 Å². The third kappa shape index (κ3) is 0.741. The van der Waals surface area contributed by atoms with Gasteiger partial charge in [-0.2, -0.15) is 0 Å². The molecule has 0 aromatic heterocycles. The lowest BCUT2D eigenvalue weighted by molar-refractivity contribution is 0.243. The number of hydrogen-bond donors (Lipinski definition) is 0. The summed E-state index contributed by atoms with van der Waals surface area (Å²) < 4.78 is 6.21. The van der Waals surface area contributed by atoms with E-state index in [1.54, 1.807) is 0 Å². The van der Waals surface area contributed by atoms with Crippen LogP contribution in [0.2, 0.25) is 0 Å². The van der Waals surface area contributed by atoms with Crippen molar-refractivity contribution in [1.82, 2.24) is 0 Å². The molecule has 0 fully saturated rings. The second-order valence-electron chi connectivity index (χ2n) is 2.04. The van der Waals surface area contributed by atoms with Crippen LogP contribution in [0.1, 0.15) is 5.56 Å². The van der Waals surface area contributed by atoms with Crippen molar-refractivity contribution in [1.29, 1.82) is 0 Å². The molecule has 0 spiro atoms. The van der Waals surface area contributed by atoms with Gasteiger partial charge in [-0.05, 0) is 12.1 Å². The van der Waals surface area contributed by atoms with Gasteiger partial charge in [0.05, 0.1) is 0 Å². The van der Waals surface area contributed by atoms with Gasteiger partial charge in [0.25, 0.3) is 0 Å². The summed E-state index contributed by atoms with van der Waals surface area (Å²) in [6.07, 6.45) is 0. The highest BCUT2D eigenvalue weighted by Gasteiger charge is 2.12. The van der Waals surface area contributed by atoms with E-state index in [0.29, 0.717) is 0 Å². The lowest BCUT2D eigenvalue weighted by atomic mass is 10.1. The number of rotatable bonds is 0. The van der Waals surface area contributed by atoms with Gasteiger partial charge in [-0.15, -0.1) is 0 Å². The molecule has 2 rings (SSSR count). The number of fused-ring (bicyclic) bond motifs is 1. The summed E-state index contributed by atoms with van der Waals surface area (Å²) >= 11 is 3.35. The molecule has 0 saturated carbocycles. The molecule has 0 bridgehead atoms. The fourth-order valence-electron chi connectivity index (χ4n) is 0.857. The van der Waals surface area contributed by atoms with E-state index in [0.717, 1.165) is 16.8 Å². The Kier molecular flexibility index (Phi) is 1.02. The van der Waals surface area contributed by atoms with Crippen molar-refractivity contribution in [3.05, 3.63) is 28.2 Å². The van der Waals surface area contributed by atoms with Crippen LogP contribution < -0.4 is 4.74 Å². The highest BCUT2D eigenvalue weighted by Crippen LogP contribution is 2.31. The molecule has 0 atom stereocenters. The molecule has 1 aliphatic heterocycles. The second kappa shape index (κ2) is 1.74. The van der Waals surface area contributed by atoms with Gasteiger partial charge in [-0.25, -0.2) is 0 Å². The van der Waals surface area contributed by atoms with E-state index in [1.165, 1.54) is 5.56 Å². The lowest BCUT2D eigenvalue weighted by Gasteiger charge is -2.19. The zero-order chi connectivity index (χ0) is 6.27. The van der Waals surface area contributed by atoms with Crippen LogP contribution in [-0.2, 0) is 6.61 Å². The molecular formula is C7H5BrO. The molecule has 1 aliphatic rings. The summed E-state index contributed by atoms with van der Waals surface area (Å²) in [6, 6.07) is 6.09. The summed E-state index contributed by atoms with van der Waals surface area (Å²) in [5, 5.41) is 0. The van der Waals surface area contributed by atoms with Crippen molar-refractivity contribution in [2.75, 3.05) is 0 Å². The van der Waals surface area contributed by atoms with E-state index in [1.807, 2.05) is 12.1 Å². The maximum atomic E-state index is 5.13. The van der Waals surface area contributed by atoms with Crippen molar-refractivity contribution in [2.24, 2.45) is 0 Å². The Balaban J connectivity index is 2.57. The van der Waals surface area contributed by atoms with Crippen molar-refractivity contribution in [2.45, 2.75) is 6.61 Å². The van der Waals surface area contributed by atoms with Crippen LogP contribution in [0.4, 0.5) is 0 Å². The monoisotopic (exact) mass is 184 g/mol. The van der Waals surface area contributed by atoms with Crippen molar-refractivity contribution in [3.8, 4) is 5.75 Å². The first-order valence-corrected chi connectivity index (χ1v) is 3.57. The predicted molar refractivity (Wildman–Crippen MR) is 38.5 cm³/mol. The Morgan fingerprint density at radius 3 is 2.78 bits per heavy atom. The third-order valence-corrected chi connectivity index (χ3v) is 1.91. The third-order valence-electron chi connectivity index (χ3n) is 1.41. The van der Waals surface area contributed by atoms with Gasteiger partial charge < -0.3 is 4.74 Å². The molecule has 0 amide bonds. The molecule has 0 radical (unpaired) electrons. The van der Waals surface area contributed by atoms with Gasteiger partial charge in [0, 0.05) is 10.0 Å². The van der Waals surface area contributed by atoms with Crippen LogP contribution in [0.5, 0.6) is 5.75 Å². The lowest BCUT2D eigenvalue weighted by Crippen LogP contribution is -2.08. The predicted octanol–water partition coefficient (Wildman–Crippen LogP) is 2.34. The van der Waals surface area contributed by atoms with E-state index in [9.17, 15) is 0 Å². The van der Waals surface area contributed by atoms with Gasteiger partial charge in [0.2, 0.25) is 0 Å². The molecule has 0 aliphatic carbocycles. The van der Waals surface area contributed by atoms with E-state index >= 15 is 0 Å². The number of ether oxygens (including phenoxy) is 1. The zero-order valence-electron chi connectivity index (χ0n) is 4.73. The van der Waals surface area contributed by atoms with E-state index in [4.69, 9.17) is 4.74 Å². The summed E-state index contributed by atoms with van der Waals surface area (Å²) in [7, 11) is 0. The smallest absolute Gasteiger partial charge is 0.127 e. The van der Waals surface area contributed by atoms with Crippen LogP contribution in [0.15, 0.2) is 22.7 Å². The molecule has 1 heterocycles. The van der Waals surface area contributed by atoms with Crippen molar-refractivity contribution in [3.63, 3.8) is 0 Å². The van der Waals surface area contributed by atoms with Gasteiger partial charge in [0.15, 0.2) is 0 Å². The first-order valence-electron chi connectivity index (χ1n) is 2.77. The Bertz CT molecular complexity index is 245. The fourth-order valence-corrected chi connectivity index (χ4v) is 1.20. The van der Waals surface area contributed by atoms with Gasteiger partial charge in [0.1, 0.15) is 12.4 Å². The minimum absolute atomic E-state index is 0.780. The van der Waals surface area contributed by atoms with E-state index < -0.39 is 0 Å². The Hall–Kier alpha value is -0.500. The first kappa shape index (κ1) is 5.30. The van der Waals surface area contributed by atoms with Crippen molar-refractivity contribution < 1.29 is 4.74 Å². The van der Waals surface area contributed by atoms with Crippen LogP contribution in [0.25, 0.3) is 0 Å². The molecule has 46 valence electrons. The highest BCUT2D eigenvalue weighted by molar-refractivity contribution is 9.10. The Morgan fingerprint density at radius 2 is 2.33 bits per heavy atom. The molecule has 2 heteroatoms. The fraction of sp³-hybridized carbons (Fsp3) is 0.143. The van der Waals surface area contributed by atoms with Crippen LogP contribution in [-0.4, -0.2) is 0 Å². The maximum absolute atomic E-state index is 5.13. The van der Waals surface area contributed by atoms with E-state index in [2.05, 4.69) is 22.0 Å². The quantitative estimate of drug-likeness (QED) is 0.602. The molecule has 1 nitrogen and oxygen atoms in total. The van der Waals surface area contributed by atoms with Gasteiger partial charge >= 0.3 is 0 Å². The molecule has 0 unspecified atom stereocenters. The molecule has 1 aromatic rings. The number of hydrogen-bond acceptors (Lipinski definition) is 1. The minimum Gasteiger partial charge on any atom is -0.488 e. The van der Waals surface area contributed by atoms with Crippen LogP contribution in [0, 0.1) is 0 Å². The molecular weight excluding hydrogens is 180 g/mol. The largest absolute Gasteiger partial charge is 0.488 e. The van der Waals surface area contributed by atoms with E-state index in [-0.39, 0.29) is 0 Å². The summed E-state index contributed by atoms with van der Waals surface area (Å²) in [4.78, 5) is 0. The summed E-state index contributed by atoms with van der Waals surface area (Å²) in [5.41, 5.74) is 1.30. The highest BCUT2D eigenvalue weighted by atomic mass is 79.9. The Morgan fingerprint density at radius 1 is 1.44 bits per heavy atom. The first-order chi connectivity index (χ1) is 4.36. The average molecular weight is 185 g/mol. The SMILES string of the molecule is Brc1ccc2c(c1)OC2. The molecule has 1 aromatic carbocycles. The zero-order valence-corrected chi connectivity index (χ0v) is 6.31. The molecule has 0 saturated heterocycles.